The number of H-pyrrole nitrogens is 1. The number of pyridine rings is 1. The number of aromatic hydroxyl groups is 2. The van der Waals surface area contributed by atoms with Crippen LogP contribution in [0, 0.1) is 6.92 Å². The van der Waals surface area contributed by atoms with Crippen LogP contribution in [-0.4, -0.2) is 15.2 Å². The second-order valence-corrected chi connectivity index (χ2v) is 9.43. The molecule has 2 aromatic heterocycles. The monoisotopic (exact) mass is 437 g/mol. The fraction of sp³-hybridized carbons (Fsp3) is 0.208. The molecule has 3 N–H and O–H groups in total. The van der Waals surface area contributed by atoms with Crippen molar-refractivity contribution in [2.24, 2.45) is 0 Å². The lowest BCUT2D eigenvalue weighted by Gasteiger charge is -2.19. The van der Waals surface area contributed by atoms with Crippen LogP contribution in [-0.2, 0) is 12.8 Å². The van der Waals surface area contributed by atoms with Crippen molar-refractivity contribution in [1.82, 2.24) is 4.98 Å². The summed E-state index contributed by atoms with van der Waals surface area (Å²) in [6.45, 7) is 1.96. The van der Waals surface area contributed by atoms with Gasteiger partial charge in [-0.25, -0.2) is 0 Å². The van der Waals surface area contributed by atoms with E-state index in [0.29, 0.717) is 31.2 Å². The Hall–Kier alpha value is -2.76. The summed E-state index contributed by atoms with van der Waals surface area (Å²) in [4.78, 5) is 16.1. The number of phenolic OH excluding ortho intramolecular Hbond substituents is 1. The molecule has 0 spiro atoms. The minimum absolute atomic E-state index is 0.118. The molecule has 5 rings (SSSR count). The normalized spacial score (nSPS) is 13.5. The number of hydrogen-bond donors (Lipinski definition) is 3. The van der Waals surface area contributed by atoms with Gasteiger partial charge < -0.3 is 15.2 Å². The Balaban J connectivity index is 1.80. The van der Waals surface area contributed by atoms with Crippen LogP contribution in [0.4, 0.5) is 0 Å². The Labute approximate surface area is 182 Å². The lowest BCUT2D eigenvalue weighted by Crippen LogP contribution is -2.08. The first kappa shape index (κ1) is 19.2. The molecule has 0 radical (unpaired) electrons. The van der Waals surface area contributed by atoms with Crippen molar-refractivity contribution < 1.29 is 10.2 Å². The molecule has 0 bridgehead atoms. The van der Waals surface area contributed by atoms with E-state index in [4.69, 9.17) is 11.6 Å². The highest BCUT2D eigenvalue weighted by atomic mass is 35.5. The van der Waals surface area contributed by atoms with Gasteiger partial charge in [0.25, 0.3) is 5.56 Å². The van der Waals surface area contributed by atoms with Crippen LogP contribution in [0.15, 0.2) is 41.2 Å². The minimum Gasteiger partial charge on any atom is -0.507 e. The molecule has 0 amide bonds. The average Bonchev–Trinajstić information content (AvgIpc) is 3.05. The number of nitrogens with one attached hydrogen (secondary N) is 1. The summed E-state index contributed by atoms with van der Waals surface area (Å²) < 4.78 is 0.420. The molecular weight excluding hydrogens is 418 g/mol. The summed E-state index contributed by atoms with van der Waals surface area (Å²) in [7, 11) is 0. The molecule has 0 saturated heterocycles. The molecule has 1 aliphatic carbocycles. The van der Waals surface area contributed by atoms with Gasteiger partial charge >= 0.3 is 0 Å². The van der Waals surface area contributed by atoms with Crippen LogP contribution in [0.3, 0.4) is 0 Å². The van der Waals surface area contributed by atoms with Gasteiger partial charge in [-0.05, 0) is 49.3 Å². The molecule has 6 heteroatoms. The largest absolute Gasteiger partial charge is 0.507 e. The molecule has 4 aromatic rings. The van der Waals surface area contributed by atoms with E-state index < -0.39 is 0 Å². The smallest absolute Gasteiger partial charge is 0.260 e. The average molecular weight is 438 g/mol. The molecule has 0 saturated carbocycles. The third-order valence-corrected chi connectivity index (χ3v) is 7.22. The number of thiophene rings is 1. The van der Waals surface area contributed by atoms with E-state index in [0.717, 1.165) is 42.4 Å². The van der Waals surface area contributed by atoms with E-state index in [1.807, 2.05) is 43.3 Å². The Morgan fingerprint density at radius 2 is 1.70 bits per heavy atom. The van der Waals surface area contributed by atoms with Crippen molar-refractivity contribution in [3.05, 3.63) is 67.8 Å². The summed E-state index contributed by atoms with van der Waals surface area (Å²) in [6.07, 6.45) is 3.94. The third-order valence-electron chi connectivity index (χ3n) is 5.91. The summed E-state index contributed by atoms with van der Waals surface area (Å²) in [5, 5.41) is 22.7. The van der Waals surface area contributed by atoms with Gasteiger partial charge in [0.1, 0.15) is 20.7 Å². The molecule has 1 aliphatic rings. The Kier molecular flexibility index (Phi) is 4.60. The lowest BCUT2D eigenvalue weighted by atomic mass is 9.88. The highest BCUT2D eigenvalue weighted by Gasteiger charge is 2.25. The van der Waals surface area contributed by atoms with Crippen LogP contribution in [0.25, 0.3) is 32.5 Å². The van der Waals surface area contributed by atoms with Crippen molar-refractivity contribution in [2.45, 2.75) is 32.6 Å². The van der Waals surface area contributed by atoms with Crippen molar-refractivity contribution in [1.29, 1.82) is 0 Å². The second-order valence-electron chi connectivity index (χ2n) is 7.81. The lowest BCUT2D eigenvalue weighted by molar-refractivity contribution is 0.464. The van der Waals surface area contributed by atoms with E-state index in [9.17, 15) is 15.0 Å². The number of fused-ring (bicyclic) bond motifs is 2. The highest BCUT2D eigenvalue weighted by Crippen LogP contribution is 2.50. The number of phenols is 1. The van der Waals surface area contributed by atoms with E-state index >= 15 is 0 Å². The number of benzene rings is 2. The first-order valence-electron chi connectivity index (χ1n) is 9.94. The predicted octanol–water partition coefficient (Wildman–Crippen LogP) is 6.18. The Morgan fingerprint density at radius 3 is 2.47 bits per heavy atom. The standard InChI is InChI=1S/C24H20ClNO3S/c1-12-6-8-14(9-7-12)17-21(28)19-18(22(25)30-24(19)26-23(17)29)16-11-10-13-4-2-3-5-15(13)20(16)27/h6-11,27H,2-5H2,1H3,(H2,26,28,29). The van der Waals surface area contributed by atoms with Gasteiger partial charge in [0.15, 0.2) is 0 Å². The number of rotatable bonds is 2. The molecule has 0 unspecified atom stereocenters. The molecule has 30 heavy (non-hydrogen) atoms. The number of aromatic amines is 1. The SMILES string of the molecule is Cc1ccc(-c2c(O)c3c(-c4ccc5c(c4O)CCCC5)c(Cl)sc3[nH]c2=O)cc1. The van der Waals surface area contributed by atoms with Crippen LogP contribution in [0.5, 0.6) is 11.5 Å². The first-order valence-corrected chi connectivity index (χ1v) is 11.1. The van der Waals surface area contributed by atoms with Gasteiger partial charge in [-0.3, -0.25) is 4.79 Å². The topological polar surface area (TPSA) is 73.3 Å². The molecule has 0 fully saturated rings. The van der Waals surface area contributed by atoms with Gasteiger partial charge in [0, 0.05) is 11.1 Å². The Morgan fingerprint density at radius 1 is 0.967 bits per heavy atom. The maximum absolute atomic E-state index is 12.8. The molecular formula is C24H20ClNO3S. The zero-order chi connectivity index (χ0) is 21.0. The maximum atomic E-state index is 12.8. The number of aromatic nitrogens is 1. The quantitative estimate of drug-likeness (QED) is 0.350. The molecule has 4 nitrogen and oxygen atoms in total. The van der Waals surface area contributed by atoms with Crippen LogP contribution in [0.2, 0.25) is 4.34 Å². The predicted molar refractivity (Wildman–Crippen MR) is 123 cm³/mol. The molecule has 2 heterocycles. The second kappa shape index (κ2) is 7.18. The van der Waals surface area contributed by atoms with E-state index in [2.05, 4.69) is 4.98 Å². The molecule has 152 valence electrons. The fourth-order valence-corrected chi connectivity index (χ4v) is 5.72. The third kappa shape index (κ3) is 2.92. The highest BCUT2D eigenvalue weighted by molar-refractivity contribution is 7.23. The van der Waals surface area contributed by atoms with Gasteiger partial charge in [-0.15, -0.1) is 11.3 Å². The van der Waals surface area contributed by atoms with Gasteiger partial charge in [-0.2, -0.15) is 0 Å². The zero-order valence-electron chi connectivity index (χ0n) is 16.4. The number of halogens is 1. The fourth-order valence-electron chi connectivity index (χ4n) is 4.35. The van der Waals surface area contributed by atoms with Crippen molar-refractivity contribution in [3.63, 3.8) is 0 Å². The van der Waals surface area contributed by atoms with Gasteiger partial charge in [0.05, 0.1) is 10.9 Å². The first-order chi connectivity index (χ1) is 14.5. The van der Waals surface area contributed by atoms with Crippen molar-refractivity contribution in [3.8, 4) is 33.8 Å². The minimum atomic E-state index is -0.372. The van der Waals surface area contributed by atoms with Gasteiger partial charge in [-0.1, -0.05) is 53.6 Å². The Bertz CT molecular complexity index is 1350. The van der Waals surface area contributed by atoms with Crippen molar-refractivity contribution >= 4 is 33.2 Å². The molecule has 0 atom stereocenters. The van der Waals surface area contributed by atoms with Crippen LogP contribution < -0.4 is 5.56 Å². The summed E-state index contributed by atoms with van der Waals surface area (Å²) >= 11 is 7.77. The summed E-state index contributed by atoms with van der Waals surface area (Å²) in [6, 6.07) is 11.3. The summed E-state index contributed by atoms with van der Waals surface area (Å²) in [5.41, 5.74) is 4.79. The van der Waals surface area contributed by atoms with Crippen LogP contribution in [0.1, 0.15) is 29.5 Å². The zero-order valence-corrected chi connectivity index (χ0v) is 18.0. The van der Waals surface area contributed by atoms with Crippen LogP contribution >= 0.6 is 22.9 Å². The number of aryl methyl sites for hydroxylation is 2. The van der Waals surface area contributed by atoms with Crippen molar-refractivity contribution in [2.75, 3.05) is 0 Å². The molecule has 0 aliphatic heterocycles. The maximum Gasteiger partial charge on any atom is 0.260 e. The summed E-state index contributed by atoms with van der Waals surface area (Å²) in [5.74, 6) is 0.101. The molecule has 2 aromatic carbocycles. The van der Waals surface area contributed by atoms with Gasteiger partial charge in [0.2, 0.25) is 0 Å². The van der Waals surface area contributed by atoms with E-state index in [1.165, 1.54) is 11.3 Å². The van der Waals surface area contributed by atoms with E-state index in [-0.39, 0.29) is 22.6 Å². The van der Waals surface area contributed by atoms with E-state index in [1.54, 1.807) is 0 Å². The number of hydrogen-bond acceptors (Lipinski definition) is 4.